The van der Waals surface area contributed by atoms with Crippen LogP contribution in [0, 0.1) is 0 Å². The van der Waals surface area contributed by atoms with Crippen LogP contribution in [0.4, 0.5) is 0 Å². The number of ether oxygens (including phenoxy) is 1. The maximum absolute atomic E-state index is 9.02. The Morgan fingerprint density at radius 3 is 2.73 bits per heavy atom. The monoisotopic (exact) mass is 226 g/mol. The molecule has 0 aliphatic carbocycles. The van der Waals surface area contributed by atoms with Gasteiger partial charge in [-0.1, -0.05) is 19.9 Å². The Labute approximate surface area is 95.7 Å². The lowest BCUT2D eigenvalue weighted by Gasteiger charge is -2.12. The molecule has 0 bridgehead atoms. The topological polar surface area (TPSA) is 29.5 Å². The Hall–Kier alpha value is -0.670. The number of thioether (sulfide) groups is 1. The zero-order chi connectivity index (χ0) is 11.3. The maximum Gasteiger partial charge on any atom is 0.132 e. The molecule has 0 radical (unpaired) electrons. The van der Waals surface area contributed by atoms with Crippen molar-refractivity contribution in [2.75, 3.05) is 13.7 Å². The van der Waals surface area contributed by atoms with Gasteiger partial charge in [-0.25, -0.2) is 0 Å². The van der Waals surface area contributed by atoms with Crippen molar-refractivity contribution in [3.8, 4) is 5.75 Å². The summed E-state index contributed by atoms with van der Waals surface area (Å²) in [6, 6.07) is 6.20. The molecule has 0 fully saturated rings. The van der Waals surface area contributed by atoms with Gasteiger partial charge in [-0.3, -0.25) is 0 Å². The minimum atomic E-state index is 0.185. The Kier molecular flexibility index (Phi) is 4.99. The van der Waals surface area contributed by atoms with E-state index in [9.17, 15) is 0 Å². The Bertz CT molecular complexity index is 312. The van der Waals surface area contributed by atoms with E-state index in [0.29, 0.717) is 0 Å². The second-order valence-electron chi connectivity index (χ2n) is 3.45. The normalized spacial score (nSPS) is 12.5. The van der Waals surface area contributed by atoms with Crippen LogP contribution < -0.4 is 4.74 Å². The molecule has 0 saturated heterocycles. The lowest BCUT2D eigenvalue weighted by molar-refractivity contribution is 0.300. The van der Waals surface area contributed by atoms with Gasteiger partial charge in [-0.05, 0) is 24.1 Å². The lowest BCUT2D eigenvalue weighted by Crippen LogP contribution is -2.02. The highest BCUT2D eigenvalue weighted by Gasteiger charge is 2.08. The van der Waals surface area contributed by atoms with Gasteiger partial charge in [-0.15, -0.1) is 11.8 Å². The van der Waals surface area contributed by atoms with E-state index in [1.54, 1.807) is 18.9 Å². The second-order valence-corrected chi connectivity index (χ2v) is 4.93. The number of benzene rings is 1. The van der Waals surface area contributed by atoms with Crippen molar-refractivity contribution in [1.82, 2.24) is 0 Å². The molecule has 0 spiro atoms. The molecule has 0 heterocycles. The molecule has 1 atom stereocenters. The van der Waals surface area contributed by atoms with Crippen LogP contribution >= 0.6 is 11.8 Å². The second kappa shape index (κ2) is 6.03. The summed E-state index contributed by atoms with van der Waals surface area (Å²) in [6.07, 6.45) is 1.02. The van der Waals surface area contributed by atoms with Gasteiger partial charge < -0.3 is 9.84 Å². The van der Waals surface area contributed by atoms with Crippen LogP contribution in [0.3, 0.4) is 0 Å². The fraction of sp³-hybridized carbons (Fsp3) is 0.500. The fourth-order valence-electron chi connectivity index (χ4n) is 1.29. The van der Waals surface area contributed by atoms with E-state index in [4.69, 9.17) is 9.84 Å². The molecule has 1 N–H and O–H groups in total. The van der Waals surface area contributed by atoms with Crippen LogP contribution in [-0.4, -0.2) is 24.1 Å². The van der Waals surface area contributed by atoms with Gasteiger partial charge in [0.2, 0.25) is 0 Å². The van der Waals surface area contributed by atoms with E-state index in [1.807, 2.05) is 13.0 Å². The highest BCUT2D eigenvalue weighted by molar-refractivity contribution is 8.00. The molecule has 1 rings (SSSR count). The van der Waals surface area contributed by atoms with Gasteiger partial charge in [0.25, 0.3) is 0 Å². The number of rotatable bonds is 5. The van der Waals surface area contributed by atoms with Crippen molar-refractivity contribution in [3.05, 3.63) is 23.8 Å². The number of hydrogen-bond acceptors (Lipinski definition) is 3. The van der Waals surface area contributed by atoms with E-state index >= 15 is 0 Å². The van der Waals surface area contributed by atoms with Crippen molar-refractivity contribution in [1.29, 1.82) is 0 Å². The van der Waals surface area contributed by atoms with Gasteiger partial charge >= 0.3 is 0 Å². The van der Waals surface area contributed by atoms with Gasteiger partial charge in [0.05, 0.1) is 13.7 Å². The highest BCUT2D eigenvalue weighted by atomic mass is 32.2. The number of aliphatic hydroxyl groups is 1. The zero-order valence-electron chi connectivity index (χ0n) is 9.49. The molecule has 1 aromatic rings. The van der Waals surface area contributed by atoms with Gasteiger partial charge in [0.15, 0.2) is 0 Å². The van der Waals surface area contributed by atoms with Gasteiger partial charge in [0, 0.05) is 10.1 Å². The minimum absolute atomic E-state index is 0.185. The molecule has 0 aliphatic rings. The van der Waals surface area contributed by atoms with Crippen LogP contribution in [-0.2, 0) is 6.42 Å². The van der Waals surface area contributed by atoms with Crippen LogP contribution in [0.15, 0.2) is 23.1 Å². The van der Waals surface area contributed by atoms with Crippen LogP contribution in [0.2, 0.25) is 0 Å². The summed E-state index contributed by atoms with van der Waals surface area (Å²) >= 11 is 1.65. The van der Waals surface area contributed by atoms with Crippen LogP contribution in [0.25, 0.3) is 0 Å². The van der Waals surface area contributed by atoms with E-state index in [2.05, 4.69) is 19.1 Å². The first kappa shape index (κ1) is 12.4. The Morgan fingerprint density at radius 2 is 2.20 bits per heavy atom. The first-order chi connectivity index (χ1) is 7.21. The third-order valence-corrected chi connectivity index (χ3v) is 3.35. The summed E-state index contributed by atoms with van der Waals surface area (Å²) in [7, 11) is 1.68. The summed E-state index contributed by atoms with van der Waals surface area (Å²) in [5.74, 6) is 0.887. The predicted molar refractivity (Wildman–Crippen MR) is 64.8 cm³/mol. The summed E-state index contributed by atoms with van der Waals surface area (Å²) in [5.41, 5.74) is 1.29. The zero-order valence-corrected chi connectivity index (χ0v) is 10.3. The molecular formula is C12H18O2S. The number of hydrogen-bond donors (Lipinski definition) is 1. The molecule has 0 saturated carbocycles. The molecule has 0 aromatic heterocycles. The predicted octanol–water partition coefficient (Wildman–Crippen LogP) is 2.73. The van der Waals surface area contributed by atoms with Crippen molar-refractivity contribution < 1.29 is 9.84 Å². The first-order valence-electron chi connectivity index (χ1n) is 5.15. The third-order valence-electron chi connectivity index (χ3n) is 2.22. The van der Waals surface area contributed by atoms with Gasteiger partial charge in [-0.2, -0.15) is 0 Å². The van der Waals surface area contributed by atoms with Gasteiger partial charge in [0.1, 0.15) is 5.75 Å². The molecule has 1 aromatic carbocycles. The van der Waals surface area contributed by atoms with E-state index < -0.39 is 0 Å². The average Bonchev–Trinajstić information content (AvgIpc) is 2.28. The maximum atomic E-state index is 9.02. The summed E-state index contributed by atoms with van der Waals surface area (Å²) in [6.45, 7) is 4.32. The Morgan fingerprint density at radius 1 is 1.47 bits per heavy atom. The minimum Gasteiger partial charge on any atom is -0.496 e. The smallest absolute Gasteiger partial charge is 0.132 e. The summed E-state index contributed by atoms with van der Waals surface area (Å²) in [4.78, 5) is 1.11. The standard InChI is InChI=1S/C12H18O2S/c1-4-10-5-6-11(14-3)12(7-10)15-9(2)8-13/h5-7,9,13H,4,8H2,1-3H3. The summed E-state index contributed by atoms with van der Waals surface area (Å²) in [5, 5.41) is 9.22. The number of methoxy groups -OCH3 is 1. The fourth-order valence-corrected chi connectivity index (χ4v) is 2.28. The molecule has 15 heavy (non-hydrogen) atoms. The first-order valence-corrected chi connectivity index (χ1v) is 6.03. The lowest BCUT2D eigenvalue weighted by atomic mass is 10.2. The highest BCUT2D eigenvalue weighted by Crippen LogP contribution is 2.32. The molecule has 84 valence electrons. The van der Waals surface area contributed by atoms with E-state index in [-0.39, 0.29) is 11.9 Å². The number of aliphatic hydroxyl groups excluding tert-OH is 1. The quantitative estimate of drug-likeness (QED) is 0.783. The summed E-state index contributed by atoms with van der Waals surface area (Å²) < 4.78 is 5.29. The van der Waals surface area contributed by atoms with Crippen molar-refractivity contribution in [2.24, 2.45) is 0 Å². The molecule has 3 heteroatoms. The van der Waals surface area contributed by atoms with Crippen molar-refractivity contribution in [3.63, 3.8) is 0 Å². The van der Waals surface area contributed by atoms with E-state index in [0.717, 1.165) is 17.1 Å². The SMILES string of the molecule is CCc1ccc(OC)c(SC(C)CO)c1. The van der Waals surface area contributed by atoms with Crippen molar-refractivity contribution >= 4 is 11.8 Å². The number of aryl methyl sites for hydroxylation is 1. The largest absolute Gasteiger partial charge is 0.496 e. The molecule has 0 amide bonds. The third kappa shape index (κ3) is 3.43. The van der Waals surface area contributed by atoms with E-state index in [1.165, 1.54) is 5.56 Å². The van der Waals surface area contributed by atoms with Crippen LogP contribution in [0.1, 0.15) is 19.4 Å². The molecule has 1 unspecified atom stereocenters. The Balaban J connectivity index is 2.90. The van der Waals surface area contributed by atoms with Crippen molar-refractivity contribution in [2.45, 2.75) is 30.4 Å². The molecule has 0 aliphatic heterocycles. The average molecular weight is 226 g/mol. The molecular weight excluding hydrogens is 208 g/mol. The van der Waals surface area contributed by atoms with Crippen LogP contribution in [0.5, 0.6) is 5.75 Å². The molecule has 2 nitrogen and oxygen atoms in total.